The van der Waals surface area contributed by atoms with Crippen LogP contribution in [0.2, 0.25) is 0 Å². The lowest BCUT2D eigenvalue weighted by atomic mass is 9.74. The number of hydrogen-bond acceptors (Lipinski definition) is 5. The number of carbonyl (C=O) groups is 3. The number of urea groups is 1. The Labute approximate surface area is 186 Å². The third kappa shape index (κ3) is 4.11. The highest BCUT2D eigenvalue weighted by molar-refractivity contribution is 6.22. The quantitative estimate of drug-likeness (QED) is 0.638. The van der Waals surface area contributed by atoms with Gasteiger partial charge in [0.25, 0.3) is 0 Å². The Kier molecular flexibility index (Phi) is 5.75. The number of carboxylic acid groups (broad SMARTS) is 1. The van der Waals surface area contributed by atoms with Crippen LogP contribution in [0.15, 0.2) is 18.2 Å². The van der Waals surface area contributed by atoms with Crippen molar-refractivity contribution in [1.29, 1.82) is 0 Å². The zero-order valence-electron chi connectivity index (χ0n) is 18.4. The number of nitrogens with zero attached hydrogens (tertiary/aromatic N) is 2. The van der Waals surface area contributed by atoms with E-state index in [9.17, 15) is 23.9 Å². The first kappa shape index (κ1) is 22.7. The maximum absolute atomic E-state index is 13.8. The summed E-state index contributed by atoms with van der Waals surface area (Å²) in [4.78, 5) is 39.8. The average molecular weight is 448 g/mol. The number of fused-ring (bicyclic) bond motifs is 1. The van der Waals surface area contributed by atoms with E-state index in [0.717, 1.165) is 11.4 Å². The van der Waals surface area contributed by atoms with E-state index in [2.05, 4.69) is 10.2 Å². The fourth-order valence-electron chi connectivity index (χ4n) is 5.02. The first-order valence-corrected chi connectivity index (χ1v) is 11.1. The van der Waals surface area contributed by atoms with Gasteiger partial charge in [-0.05, 0) is 63.1 Å². The molecule has 0 spiro atoms. The monoisotopic (exact) mass is 447 g/mol. The topological polar surface area (TPSA) is 110 Å². The van der Waals surface area contributed by atoms with E-state index in [-0.39, 0.29) is 18.2 Å². The van der Waals surface area contributed by atoms with Crippen molar-refractivity contribution in [3.8, 4) is 0 Å². The van der Waals surface area contributed by atoms with Gasteiger partial charge in [-0.2, -0.15) is 0 Å². The molecule has 1 aliphatic carbocycles. The molecule has 32 heavy (non-hydrogen) atoms. The van der Waals surface area contributed by atoms with Crippen molar-refractivity contribution in [3.05, 3.63) is 29.6 Å². The highest BCUT2D eigenvalue weighted by Crippen LogP contribution is 2.42. The number of anilines is 1. The van der Waals surface area contributed by atoms with E-state index in [1.54, 1.807) is 13.8 Å². The molecule has 8 nitrogen and oxygen atoms in total. The van der Waals surface area contributed by atoms with Crippen molar-refractivity contribution in [3.63, 3.8) is 0 Å². The SMILES string of the molecule is CC1(C)C(=O)N(C(=O)NCC2(O)CCN(CC3CC(C(=O)O)C3)CC2)c2cc(F)ccc21. The lowest BCUT2D eigenvalue weighted by molar-refractivity contribution is -0.146. The minimum atomic E-state index is -1.08. The van der Waals surface area contributed by atoms with Crippen LogP contribution in [0.3, 0.4) is 0 Å². The molecule has 3 amide bonds. The van der Waals surface area contributed by atoms with E-state index in [1.165, 1.54) is 18.2 Å². The minimum Gasteiger partial charge on any atom is -0.481 e. The number of hydrogen-bond donors (Lipinski definition) is 3. The summed E-state index contributed by atoms with van der Waals surface area (Å²) >= 11 is 0. The third-order valence-electron chi connectivity index (χ3n) is 7.27. The van der Waals surface area contributed by atoms with Gasteiger partial charge in [-0.15, -0.1) is 0 Å². The summed E-state index contributed by atoms with van der Waals surface area (Å²) in [5, 5.41) is 22.6. The van der Waals surface area contributed by atoms with E-state index in [4.69, 9.17) is 5.11 Å². The molecule has 2 fully saturated rings. The molecule has 0 aromatic heterocycles. The maximum Gasteiger partial charge on any atom is 0.328 e. The second-order valence-corrected chi connectivity index (χ2v) is 9.98. The van der Waals surface area contributed by atoms with Gasteiger partial charge in [-0.3, -0.25) is 9.59 Å². The fourth-order valence-corrected chi connectivity index (χ4v) is 5.02. The standard InChI is InChI=1S/C23H30FN3O5/c1-22(2)17-4-3-16(24)11-18(17)27(20(22)30)21(31)25-13-23(32)5-7-26(8-6-23)12-14-9-15(10-14)19(28)29/h3-4,11,14-15,32H,5-10,12-13H2,1-2H3,(H,25,31)(H,28,29). The van der Waals surface area contributed by atoms with Gasteiger partial charge in [0.2, 0.25) is 5.91 Å². The number of carboxylic acids is 1. The van der Waals surface area contributed by atoms with Gasteiger partial charge in [-0.1, -0.05) is 6.07 Å². The molecule has 1 aromatic carbocycles. The second-order valence-electron chi connectivity index (χ2n) is 9.98. The van der Waals surface area contributed by atoms with Crippen LogP contribution in [0.1, 0.15) is 45.1 Å². The summed E-state index contributed by atoms with van der Waals surface area (Å²) in [6.45, 7) is 5.53. The third-order valence-corrected chi connectivity index (χ3v) is 7.27. The molecule has 4 rings (SSSR count). The number of imide groups is 1. The number of amides is 3. The van der Waals surface area contributed by atoms with Crippen molar-refractivity contribution in [1.82, 2.24) is 10.2 Å². The van der Waals surface area contributed by atoms with Crippen molar-refractivity contribution in [2.75, 3.05) is 31.1 Å². The Balaban J connectivity index is 1.31. The lowest BCUT2D eigenvalue weighted by Gasteiger charge is -2.42. The van der Waals surface area contributed by atoms with Crippen LogP contribution in [0.4, 0.5) is 14.9 Å². The highest BCUT2D eigenvalue weighted by atomic mass is 19.1. The smallest absolute Gasteiger partial charge is 0.328 e. The number of likely N-dealkylation sites (tertiary alicyclic amines) is 1. The summed E-state index contributed by atoms with van der Waals surface area (Å²) in [5.41, 5.74) is -1.20. The van der Waals surface area contributed by atoms with Crippen molar-refractivity contribution >= 4 is 23.6 Å². The number of halogens is 1. The number of rotatable bonds is 5. The van der Waals surface area contributed by atoms with Gasteiger partial charge in [0.15, 0.2) is 0 Å². The van der Waals surface area contributed by atoms with Crippen LogP contribution < -0.4 is 10.2 Å². The van der Waals surface area contributed by atoms with Gasteiger partial charge in [0.05, 0.1) is 22.6 Å². The predicted octanol–water partition coefficient (Wildman–Crippen LogP) is 2.10. The molecule has 0 bridgehead atoms. The largest absolute Gasteiger partial charge is 0.481 e. The summed E-state index contributed by atoms with van der Waals surface area (Å²) in [7, 11) is 0. The average Bonchev–Trinajstić information content (AvgIpc) is 2.89. The Hall–Kier alpha value is -2.52. The van der Waals surface area contributed by atoms with Crippen molar-refractivity contribution in [2.24, 2.45) is 11.8 Å². The maximum atomic E-state index is 13.8. The Bertz CT molecular complexity index is 936. The molecule has 1 saturated heterocycles. The Morgan fingerprint density at radius 3 is 2.50 bits per heavy atom. The molecule has 2 heterocycles. The van der Waals surface area contributed by atoms with Gasteiger partial charge in [0.1, 0.15) is 5.82 Å². The van der Waals surface area contributed by atoms with Crippen LogP contribution in [0.25, 0.3) is 0 Å². The molecule has 0 radical (unpaired) electrons. The number of piperidine rings is 1. The zero-order chi connectivity index (χ0) is 23.3. The molecule has 9 heteroatoms. The Morgan fingerprint density at radius 1 is 1.22 bits per heavy atom. The molecule has 1 saturated carbocycles. The number of nitrogens with one attached hydrogen (secondary N) is 1. The fraction of sp³-hybridized carbons (Fsp3) is 0.609. The van der Waals surface area contributed by atoms with Crippen LogP contribution in [0, 0.1) is 17.7 Å². The van der Waals surface area contributed by atoms with E-state index < -0.39 is 34.7 Å². The molecule has 0 atom stereocenters. The van der Waals surface area contributed by atoms with Gasteiger partial charge in [0, 0.05) is 26.2 Å². The van der Waals surface area contributed by atoms with Crippen LogP contribution in [0.5, 0.6) is 0 Å². The number of benzene rings is 1. The lowest BCUT2D eigenvalue weighted by Crippen LogP contribution is -2.54. The van der Waals surface area contributed by atoms with E-state index in [0.29, 0.717) is 50.3 Å². The van der Waals surface area contributed by atoms with Crippen LogP contribution >= 0.6 is 0 Å². The van der Waals surface area contributed by atoms with Gasteiger partial charge in [-0.25, -0.2) is 14.1 Å². The van der Waals surface area contributed by atoms with Gasteiger partial charge >= 0.3 is 12.0 Å². The molecule has 0 unspecified atom stereocenters. The molecular formula is C23H30FN3O5. The molecule has 174 valence electrons. The molecule has 1 aromatic rings. The normalized spacial score (nSPS) is 26.4. The zero-order valence-corrected chi connectivity index (χ0v) is 18.4. The molecular weight excluding hydrogens is 417 g/mol. The van der Waals surface area contributed by atoms with E-state index >= 15 is 0 Å². The van der Waals surface area contributed by atoms with Crippen LogP contribution in [-0.2, 0) is 15.0 Å². The predicted molar refractivity (Wildman–Crippen MR) is 115 cm³/mol. The van der Waals surface area contributed by atoms with Crippen molar-refractivity contribution in [2.45, 2.75) is 50.5 Å². The first-order valence-electron chi connectivity index (χ1n) is 11.1. The van der Waals surface area contributed by atoms with Crippen LogP contribution in [-0.4, -0.2) is 64.8 Å². The van der Waals surface area contributed by atoms with Crippen molar-refractivity contribution < 1.29 is 29.0 Å². The summed E-state index contributed by atoms with van der Waals surface area (Å²) in [5.74, 6) is -1.53. The molecule has 2 aliphatic heterocycles. The Morgan fingerprint density at radius 2 is 1.88 bits per heavy atom. The van der Waals surface area contributed by atoms with Gasteiger partial charge < -0.3 is 20.4 Å². The summed E-state index contributed by atoms with van der Waals surface area (Å²) in [6, 6.07) is 3.32. The highest BCUT2D eigenvalue weighted by Gasteiger charge is 2.47. The number of aliphatic carboxylic acids is 1. The number of aliphatic hydroxyl groups is 1. The molecule has 3 aliphatic rings. The first-order chi connectivity index (χ1) is 15.0. The number of carbonyl (C=O) groups excluding carboxylic acids is 2. The summed E-state index contributed by atoms with van der Waals surface area (Å²) in [6.07, 6.45) is 2.34. The second kappa shape index (κ2) is 8.12. The van der Waals surface area contributed by atoms with E-state index in [1.807, 2.05) is 0 Å². The molecule has 3 N–H and O–H groups in total. The summed E-state index contributed by atoms with van der Waals surface area (Å²) < 4.78 is 13.8. The minimum absolute atomic E-state index is 0.000945.